The minimum atomic E-state index is 0. The third kappa shape index (κ3) is 2.95. The van der Waals surface area contributed by atoms with E-state index in [1.54, 1.807) is 0 Å². The minimum absolute atomic E-state index is 0. The summed E-state index contributed by atoms with van der Waals surface area (Å²) < 4.78 is 0.731. The van der Waals surface area contributed by atoms with E-state index in [4.69, 9.17) is 17.3 Å². The van der Waals surface area contributed by atoms with Crippen LogP contribution < -0.4 is 5.73 Å². The van der Waals surface area contributed by atoms with Crippen molar-refractivity contribution in [2.75, 3.05) is 0 Å². The molecule has 0 aliphatic rings. The van der Waals surface area contributed by atoms with Crippen molar-refractivity contribution < 1.29 is 0 Å². The van der Waals surface area contributed by atoms with Crippen molar-refractivity contribution >= 4 is 39.9 Å². The maximum atomic E-state index is 5.71. The van der Waals surface area contributed by atoms with E-state index < -0.39 is 0 Å². The molecule has 1 aromatic heterocycles. The summed E-state index contributed by atoms with van der Waals surface area (Å²) in [5.74, 6) is 0. The highest BCUT2D eigenvalue weighted by Gasteiger charge is 1.98. The van der Waals surface area contributed by atoms with Gasteiger partial charge in [0.1, 0.15) is 9.76 Å². The van der Waals surface area contributed by atoms with Crippen LogP contribution >= 0.6 is 39.9 Å². The maximum absolute atomic E-state index is 5.71. The average Bonchev–Trinajstić information content (AvgIpc) is 1.88. The molecule has 62 valence electrons. The van der Waals surface area contributed by atoms with Crippen LogP contribution in [0.15, 0.2) is 16.7 Å². The summed E-state index contributed by atoms with van der Waals surface area (Å²) in [6.07, 6.45) is 0. The molecule has 1 heterocycles. The lowest BCUT2D eigenvalue weighted by Crippen LogP contribution is -1.97. The van der Waals surface area contributed by atoms with Gasteiger partial charge in [0.25, 0.3) is 0 Å². The summed E-state index contributed by atoms with van der Waals surface area (Å²) in [4.78, 5) is 3.95. The van der Waals surface area contributed by atoms with Gasteiger partial charge in [-0.1, -0.05) is 17.7 Å². The van der Waals surface area contributed by atoms with Crippen LogP contribution in [-0.2, 0) is 6.54 Å². The molecule has 1 rings (SSSR count). The number of halogens is 3. The lowest BCUT2D eigenvalue weighted by atomic mass is 10.3. The summed E-state index contributed by atoms with van der Waals surface area (Å²) in [5.41, 5.74) is 6.23. The molecule has 0 aromatic carbocycles. The number of pyridine rings is 1. The van der Waals surface area contributed by atoms with E-state index in [2.05, 4.69) is 20.9 Å². The number of rotatable bonds is 1. The molecule has 0 radical (unpaired) electrons. The Hall–Kier alpha value is 0.170. The van der Waals surface area contributed by atoms with Crippen LogP contribution in [0, 0.1) is 0 Å². The number of nitrogens with zero attached hydrogens (tertiary/aromatic N) is 1. The second kappa shape index (κ2) is 4.93. The van der Waals surface area contributed by atoms with Gasteiger partial charge in [-0.05, 0) is 22.0 Å². The second-order valence-corrected chi connectivity index (χ2v) is 2.96. The van der Waals surface area contributed by atoms with Crippen molar-refractivity contribution in [1.29, 1.82) is 0 Å². The van der Waals surface area contributed by atoms with Crippen LogP contribution in [0.5, 0.6) is 0 Å². The van der Waals surface area contributed by atoms with Crippen LogP contribution in [0.25, 0.3) is 0 Å². The summed E-state index contributed by atoms with van der Waals surface area (Å²) in [6, 6.07) is 3.66. The van der Waals surface area contributed by atoms with E-state index in [1.807, 2.05) is 12.1 Å². The molecule has 2 nitrogen and oxygen atoms in total. The fraction of sp³-hybridized carbons (Fsp3) is 0.167. The Morgan fingerprint density at radius 2 is 2.18 bits per heavy atom. The van der Waals surface area contributed by atoms with Gasteiger partial charge >= 0.3 is 0 Å². The van der Waals surface area contributed by atoms with Crippen molar-refractivity contribution in [2.45, 2.75) is 6.54 Å². The predicted molar refractivity (Wildman–Crippen MR) is 52.1 cm³/mol. The Morgan fingerprint density at radius 3 is 2.64 bits per heavy atom. The van der Waals surface area contributed by atoms with Crippen LogP contribution in [-0.4, -0.2) is 4.98 Å². The molecule has 5 heteroatoms. The molecule has 0 bridgehead atoms. The fourth-order valence-corrected chi connectivity index (χ4v) is 1.24. The number of hydrogen-bond acceptors (Lipinski definition) is 2. The Labute approximate surface area is 84.7 Å². The molecule has 0 aliphatic carbocycles. The highest BCUT2D eigenvalue weighted by Crippen LogP contribution is 2.15. The molecular formula is C6H7BrCl2N2. The molecule has 11 heavy (non-hydrogen) atoms. The predicted octanol–water partition coefficient (Wildman–Crippen LogP) is 2.38. The molecule has 0 atom stereocenters. The first-order valence-corrected chi connectivity index (χ1v) is 3.92. The molecule has 0 unspecified atom stereocenters. The largest absolute Gasteiger partial charge is 0.326 e. The Balaban J connectivity index is 0.000001000. The fourth-order valence-electron chi connectivity index (χ4n) is 0.593. The van der Waals surface area contributed by atoms with E-state index in [0.717, 1.165) is 10.2 Å². The number of aromatic nitrogens is 1. The van der Waals surface area contributed by atoms with Gasteiger partial charge in [0.2, 0.25) is 0 Å². The number of hydrogen-bond donors (Lipinski definition) is 1. The highest BCUT2D eigenvalue weighted by molar-refractivity contribution is 9.10. The first-order valence-electron chi connectivity index (χ1n) is 2.75. The minimum Gasteiger partial charge on any atom is -0.326 e. The summed E-state index contributed by atoms with van der Waals surface area (Å²) in [6.45, 7) is 0.430. The van der Waals surface area contributed by atoms with Gasteiger partial charge in [-0.2, -0.15) is 0 Å². The van der Waals surface area contributed by atoms with Gasteiger partial charge in [-0.3, -0.25) is 0 Å². The molecule has 1 aromatic rings. The zero-order valence-electron chi connectivity index (χ0n) is 5.55. The summed E-state index contributed by atoms with van der Waals surface area (Å²) >= 11 is 8.90. The normalized spacial score (nSPS) is 9.00. The van der Waals surface area contributed by atoms with E-state index in [-0.39, 0.29) is 12.4 Å². The monoisotopic (exact) mass is 256 g/mol. The zero-order valence-corrected chi connectivity index (χ0v) is 8.71. The zero-order chi connectivity index (χ0) is 7.56. The molecule has 0 spiro atoms. The van der Waals surface area contributed by atoms with Crippen molar-refractivity contribution in [1.82, 2.24) is 4.98 Å². The van der Waals surface area contributed by atoms with Gasteiger partial charge in [-0.25, -0.2) is 4.98 Å². The lowest BCUT2D eigenvalue weighted by molar-refractivity contribution is 1.04. The SMILES string of the molecule is Cl.NCc1ccc(Br)nc1Cl. The van der Waals surface area contributed by atoms with Crippen molar-refractivity contribution in [2.24, 2.45) is 5.73 Å². The molecule has 0 amide bonds. The van der Waals surface area contributed by atoms with Gasteiger partial charge in [0.05, 0.1) is 0 Å². The maximum Gasteiger partial charge on any atom is 0.134 e. The summed E-state index contributed by atoms with van der Waals surface area (Å²) in [5, 5.41) is 0.469. The molecule has 0 aliphatic heterocycles. The Morgan fingerprint density at radius 1 is 1.55 bits per heavy atom. The van der Waals surface area contributed by atoms with Gasteiger partial charge in [-0.15, -0.1) is 12.4 Å². The first kappa shape index (κ1) is 11.2. The molecule has 2 N–H and O–H groups in total. The van der Waals surface area contributed by atoms with Crippen molar-refractivity contribution in [3.63, 3.8) is 0 Å². The summed E-state index contributed by atoms with van der Waals surface area (Å²) in [7, 11) is 0. The van der Waals surface area contributed by atoms with Crippen LogP contribution in [0.2, 0.25) is 5.15 Å². The van der Waals surface area contributed by atoms with Gasteiger partial charge in [0, 0.05) is 12.1 Å². The van der Waals surface area contributed by atoms with Crippen molar-refractivity contribution in [3.8, 4) is 0 Å². The van der Waals surface area contributed by atoms with Crippen LogP contribution in [0.4, 0.5) is 0 Å². The van der Waals surface area contributed by atoms with Crippen molar-refractivity contribution in [3.05, 3.63) is 27.5 Å². The van der Waals surface area contributed by atoms with Crippen LogP contribution in [0.3, 0.4) is 0 Å². The molecule has 0 fully saturated rings. The Kier molecular flexibility index (Phi) is 5.01. The van der Waals surface area contributed by atoms with Gasteiger partial charge in [0.15, 0.2) is 0 Å². The smallest absolute Gasteiger partial charge is 0.134 e. The lowest BCUT2D eigenvalue weighted by Gasteiger charge is -1.98. The molecular weight excluding hydrogens is 251 g/mol. The quantitative estimate of drug-likeness (QED) is 0.785. The first-order chi connectivity index (χ1) is 4.74. The van der Waals surface area contributed by atoms with E-state index in [1.165, 1.54) is 0 Å². The van der Waals surface area contributed by atoms with Gasteiger partial charge < -0.3 is 5.73 Å². The number of nitrogens with two attached hydrogens (primary N) is 1. The molecule has 0 saturated carbocycles. The standard InChI is InChI=1S/C6H6BrClN2.ClH/c7-5-2-1-4(3-9)6(8)10-5;/h1-2H,3,9H2;1H. The van der Waals surface area contributed by atoms with E-state index in [0.29, 0.717) is 11.7 Å². The Bertz CT molecular complexity index is 242. The third-order valence-electron chi connectivity index (χ3n) is 1.11. The molecule has 0 saturated heterocycles. The average molecular weight is 258 g/mol. The topological polar surface area (TPSA) is 38.9 Å². The second-order valence-electron chi connectivity index (χ2n) is 1.79. The van der Waals surface area contributed by atoms with E-state index in [9.17, 15) is 0 Å². The third-order valence-corrected chi connectivity index (χ3v) is 1.88. The van der Waals surface area contributed by atoms with E-state index >= 15 is 0 Å². The van der Waals surface area contributed by atoms with Crippen LogP contribution in [0.1, 0.15) is 5.56 Å². The highest BCUT2D eigenvalue weighted by atomic mass is 79.9.